The Kier molecular flexibility index (Phi) is 6.94. The first-order valence-corrected chi connectivity index (χ1v) is 10.0. The van der Waals surface area contributed by atoms with Crippen LogP contribution in [0.5, 0.6) is 0 Å². The summed E-state index contributed by atoms with van der Waals surface area (Å²) in [7, 11) is 0. The zero-order valence-corrected chi connectivity index (χ0v) is 16.8. The van der Waals surface area contributed by atoms with E-state index in [2.05, 4.69) is 52.7 Å². The molecule has 1 aromatic heterocycles. The van der Waals surface area contributed by atoms with Crippen LogP contribution in [-0.2, 0) is 6.54 Å². The average Bonchev–Trinajstić information content (AvgIpc) is 2.65. The van der Waals surface area contributed by atoms with Gasteiger partial charge in [-0.25, -0.2) is 9.97 Å². The number of hydrogen-bond donors (Lipinski definition) is 1. The van der Waals surface area contributed by atoms with Gasteiger partial charge in [0.05, 0.1) is 0 Å². The molecule has 1 aliphatic rings. The summed E-state index contributed by atoms with van der Waals surface area (Å²) < 4.78 is 0. The van der Waals surface area contributed by atoms with Crippen LogP contribution in [0.25, 0.3) is 11.4 Å². The fourth-order valence-corrected chi connectivity index (χ4v) is 3.89. The Morgan fingerprint density at radius 1 is 1.15 bits per heavy atom. The number of piperazine rings is 1. The number of aromatic nitrogens is 2. The minimum Gasteiger partial charge on any atom is -0.396 e. The van der Waals surface area contributed by atoms with Crippen molar-refractivity contribution in [2.45, 2.75) is 39.8 Å². The largest absolute Gasteiger partial charge is 0.396 e. The average molecular weight is 369 g/mol. The lowest BCUT2D eigenvalue weighted by atomic mass is 10.1. The Morgan fingerprint density at radius 3 is 2.56 bits per heavy atom. The maximum Gasteiger partial charge on any atom is 0.159 e. The molecule has 3 rings (SSSR count). The van der Waals surface area contributed by atoms with Gasteiger partial charge in [-0.3, -0.25) is 9.80 Å². The van der Waals surface area contributed by atoms with Gasteiger partial charge in [-0.15, -0.1) is 0 Å². The smallest absolute Gasteiger partial charge is 0.159 e. The maximum atomic E-state index is 9.44. The molecule has 0 spiro atoms. The molecule has 0 radical (unpaired) electrons. The van der Waals surface area contributed by atoms with Crippen LogP contribution in [-0.4, -0.2) is 63.7 Å². The fraction of sp³-hybridized carbons (Fsp3) is 0.545. The van der Waals surface area contributed by atoms with Gasteiger partial charge in [-0.1, -0.05) is 38.1 Å². The number of aliphatic hydroxyl groups excluding tert-OH is 1. The third-order valence-corrected chi connectivity index (χ3v) is 5.25. The number of aryl methyl sites for hydroxylation is 1. The molecule has 1 aliphatic heterocycles. The molecule has 1 saturated heterocycles. The van der Waals surface area contributed by atoms with Gasteiger partial charge in [0, 0.05) is 68.9 Å². The van der Waals surface area contributed by atoms with Gasteiger partial charge >= 0.3 is 0 Å². The molecular weight excluding hydrogens is 336 g/mol. The summed E-state index contributed by atoms with van der Waals surface area (Å²) in [5, 5.41) is 9.44. The highest BCUT2D eigenvalue weighted by atomic mass is 16.3. The van der Waals surface area contributed by atoms with Crippen molar-refractivity contribution >= 4 is 0 Å². The molecule has 27 heavy (non-hydrogen) atoms. The van der Waals surface area contributed by atoms with Crippen molar-refractivity contribution in [3.63, 3.8) is 0 Å². The van der Waals surface area contributed by atoms with E-state index < -0.39 is 0 Å². The standard InChI is InChI=1S/C22H32N4O/c1-17(2)14-26-10-9-25(16-20(26)8-11-27)15-19-12-23-22(24-13-19)21-7-5-4-6-18(21)3/h4-7,12-13,17,20,27H,8-11,14-16H2,1-3H3. The summed E-state index contributed by atoms with van der Waals surface area (Å²) in [6, 6.07) is 8.65. The van der Waals surface area contributed by atoms with Crippen molar-refractivity contribution in [2.24, 2.45) is 5.92 Å². The summed E-state index contributed by atoms with van der Waals surface area (Å²) in [4.78, 5) is 14.2. The second-order valence-electron chi connectivity index (χ2n) is 8.02. The molecule has 1 fully saturated rings. The highest BCUT2D eigenvalue weighted by molar-refractivity contribution is 5.59. The zero-order chi connectivity index (χ0) is 19.2. The van der Waals surface area contributed by atoms with Gasteiger partial charge in [0.15, 0.2) is 5.82 Å². The van der Waals surface area contributed by atoms with Crippen LogP contribution in [0.3, 0.4) is 0 Å². The van der Waals surface area contributed by atoms with Crippen LogP contribution in [0.1, 0.15) is 31.4 Å². The van der Waals surface area contributed by atoms with Crippen LogP contribution >= 0.6 is 0 Å². The predicted octanol–water partition coefficient (Wildman–Crippen LogP) is 2.98. The Morgan fingerprint density at radius 2 is 1.89 bits per heavy atom. The molecule has 2 aromatic rings. The summed E-state index contributed by atoms with van der Waals surface area (Å²) >= 11 is 0. The van der Waals surface area contributed by atoms with Gasteiger partial charge in [0.1, 0.15) is 0 Å². The van der Waals surface area contributed by atoms with Crippen LogP contribution in [0.15, 0.2) is 36.7 Å². The van der Waals surface area contributed by atoms with E-state index in [4.69, 9.17) is 0 Å². The molecule has 146 valence electrons. The van der Waals surface area contributed by atoms with Gasteiger partial charge in [0.2, 0.25) is 0 Å². The summed E-state index contributed by atoms with van der Waals surface area (Å²) in [5.41, 5.74) is 3.43. The van der Waals surface area contributed by atoms with Crippen molar-refractivity contribution in [3.8, 4) is 11.4 Å². The second kappa shape index (κ2) is 9.40. The quantitative estimate of drug-likeness (QED) is 0.814. The number of hydrogen-bond acceptors (Lipinski definition) is 5. The normalized spacial score (nSPS) is 18.9. The molecule has 1 N–H and O–H groups in total. The molecule has 1 atom stereocenters. The number of benzene rings is 1. The van der Waals surface area contributed by atoms with Crippen molar-refractivity contribution in [2.75, 3.05) is 32.8 Å². The van der Waals surface area contributed by atoms with E-state index in [0.29, 0.717) is 12.0 Å². The molecular formula is C22H32N4O. The van der Waals surface area contributed by atoms with E-state index in [-0.39, 0.29) is 6.61 Å². The second-order valence-corrected chi connectivity index (χ2v) is 8.02. The van der Waals surface area contributed by atoms with E-state index in [9.17, 15) is 5.11 Å². The fourth-order valence-electron chi connectivity index (χ4n) is 3.89. The van der Waals surface area contributed by atoms with E-state index in [1.807, 2.05) is 24.5 Å². The Labute approximate surface area is 163 Å². The highest BCUT2D eigenvalue weighted by Gasteiger charge is 2.27. The van der Waals surface area contributed by atoms with Crippen molar-refractivity contribution < 1.29 is 5.11 Å². The molecule has 2 heterocycles. The van der Waals surface area contributed by atoms with Crippen LogP contribution in [0, 0.1) is 12.8 Å². The number of nitrogens with zero attached hydrogens (tertiary/aromatic N) is 4. The number of aliphatic hydroxyl groups is 1. The SMILES string of the molecule is Cc1ccccc1-c1ncc(CN2CCN(CC(C)C)C(CCO)C2)cn1. The van der Waals surface area contributed by atoms with Gasteiger partial charge in [-0.05, 0) is 24.8 Å². The lowest BCUT2D eigenvalue weighted by Crippen LogP contribution is -2.53. The molecule has 5 nitrogen and oxygen atoms in total. The molecule has 0 amide bonds. The third kappa shape index (κ3) is 5.34. The van der Waals surface area contributed by atoms with Crippen LogP contribution in [0.4, 0.5) is 0 Å². The van der Waals surface area contributed by atoms with Crippen molar-refractivity contribution in [1.29, 1.82) is 0 Å². The molecule has 0 saturated carbocycles. The van der Waals surface area contributed by atoms with Gasteiger partial charge in [0.25, 0.3) is 0 Å². The minimum atomic E-state index is 0.251. The maximum absolute atomic E-state index is 9.44. The van der Waals surface area contributed by atoms with E-state index in [0.717, 1.165) is 56.1 Å². The summed E-state index contributed by atoms with van der Waals surface area (Å²) in [6.07, 6.45) is 4.75. The zero-order valence-electron chi connectivity index (χ0n) is 16.8. The monoisotopic (exact) mass is 368 g/mol. The molecule has 0 aliphatic carbocycles. The Hall–Kier alpha value is -1.82. The van der Waals surface area contributed by atoms with Crippen LogP contribution in [0.2, 0.25) is 0 Å². The van der Waals surface area contributed by atoms with E-state index >= 15 is 0 Å². The first-order chi connectivity index (χ1) is 13.1. The molecule has 0 bridgehead atoms. The highest BCUT2D eigenvalue weighted by Crippen LogP contribution is 2.20. The third-order valence-electron chi connectivity index (χ3n) is 5.25. The molecule has 1 unspecified atom stereocenters. The topological polar surface area (TPSA) is 52.5 Å². The van der Waals surface area contributed by atoms with E-state index in [1.165, 1.54) is 5.56 Å². The Balaban J connectivity index is 1.63. The van der Waals surface area contributed by atoms with Gasteiger partial charge in [-0.2, -0.15) is 0 Å². The van der Waals surface area contributed by atoms with Gasteiger partial charge < -0.3 is 5.11 Å². The summed E-state index contributed by atoms with van der Waals surface area (Å²) in [5.74, 6) is 1.44. The van der Waals surface area contributed by atoms with Crippen LogP contribution < -0.4 is 0 Å². The van der Waals surface area contributed by atoms with Crippen molar-refractivity contribution in [3.05, 3.63) is 47.8 Å². The predicted molar refractivity (Wildman–Crippen MR) is 109 cm³/mol. The van der Waals surface area contributed by atoms with E-state index in [1.54, 1.807) is 0 Å². The Bertz CT molecular complexity index is 717. The number of rotatable bonds is 7. The minimum absolute atomic E-state index is 0.251. The molecule has 5 heteroatoms. The lowest BCUT2D eigenvalue weighted by molar-refractivity contribution is 0.0476. The lowest BCUT2D eigenvalue weighted by Gasteiger charge is -2.42. The first-order valence-electron chi connectivity index (χ1n) is 10.0. The van der Waals surface area contributed by atoms with Crippen molar-refractivity contribution in [1.82, 2.24) is 19.8 Å². The summed E-state index contributed by atoms with van der Waals surface area (Å²) in [6.45, 7) is 11.9. The molecule has 1 aromatic carbocycles. The first kappa shape index (κ1) is 19.9.